The largest absolute Gasteiger partial charge is 0.480 e. The van der Waals surface area contributed by atoms with Crippen LogP contribution in [0.25, 0.3) is 0 Å². The van der Waals surface area contributed by atoms with Crippen LogP contribution in [0.2, 0.25) is 0 Å². The highest BCUT2D eigenvalue weighted by Crippen LogP contribution is 2.10. The van der Waals surface area contributed by atoms with Crippen LogP contribution in [-0.2, 0) is 20.7 Å². The molecule has 0 fully saturated rings. The molecule has 0 aliphatic heterocycles. The van der Waals surface area contributed by atoms with Gasteiger partial charge in [-0.25, -0.2) is 9.78 Å². The summed E-state index contributed by atoms with van der Waals surface area (Å²) in [4.78, 5) is 38.1. The number of esters is 1. The molecule has 1 heterocycles. The fourth-order valence-electron chi connectivity index (χ4n) is 1.51. The summed E-state index contributed by atoms with van der Waals surface area (Å²) < 4.78 is 4.43. The van der Waals surface area contributed by atoms with Crippen LogP contribution < -0.4 is 11.1 Å². The maximum absolute atomic E-state index is 11.9. The zero-order valence-corrected chi connectivity index (χ0v) is 12.3. The zero-order valence-electron chi connectivity index (χ0n) is 11.5. The van der Waals surface area contributed by atoms with Crippen molar-refractivity contribution < 1.29 is 24.2 Å². The topological polar surface area (TPSA) is 132 Å². The number of aromatic nitrogens is 1. The van der Waals surface area contributed by atoms with Crippen molar-refractivity contribution >= 4 is 29.2 Å². The van der Waals surface area contributed by atoms with Crippen LogP contribution in [0.15, 0.2) is 5.38 Å². The first-order chi connectivity index (χ1) is 9.97. The molecule has 0 radical (unpaired) electrons. The minimum atomic E-state index is -1.22. The number of nitrogens with zero attached hydrogens (tertiary/aromatic N) is 1. The summed E-state index contributed by atoms with van der Waals surface area (Å²) in [6, 6.07) is -1.17. The summed E-state index contributed by atoms with van der Waals surface area (Å²) in [5, 5.41) is 13.6. The van der Waals surface area contributed by atoms with Crippen LogP contribution >= 0.6 is 11.3 Å². The second-order valence-corrected chi connectivity index (χ2v) is 5.09. The Morgan fingerprint density at radius 3 is 2.81 bits per heavy atom. The summed E-state index contributed by atoms with van der Waals surface area (Å²) in [6.07, 6.45) is 0.416. The van der Waals surface area contributed by atoms with Gasteiger partial charge in [0.05, 0.1) is 12.1 Å². The lowest BCUT2D eigenvalue weighted by molar-refractivity contribution is -0.142. The molecule has 116 valence electrons. The lowest BCUT2D eigenvalue weighted by atomic mass is 10.1. The van der Waals surface area contributed by atoms with Gasteiger partial charge in [-0.15, -0.1) is 11.3 Å². The highest BCUT2D eigenvalue weighted by Gasteiger charge is 2.23. The summed E-state index contributed by atoms with van der Waals surface area (Å²) >= 11 is 1.29. The van der Waals surface area contributed by atoms with Crippen molar-refractivity contribution in [3.63, 3.8) is 0 Å². The first-order valence-electron chi connectivity index (χ1n) is 6.23. The van der Waals surface area contributed by atoms with Crippen LogP contribution in [-0.4, -0.2) is 47.6 Å². The monoisotopic (exact) mass is 315 g/mol. The minimum Gasteiger partial charge on any atom is -0.480 e. The fraction of sp³-hybridized carbons (Fsp3) is 0.500. The Morgan fingerprint density at radius 2 is 2.24 bits per heavy atom. The van der Waals surface area contributed by atoms with E-state index in [1.165, 1.54) is 18.4 Å². The van der Waals surface area contributed by atoms with Gasteiger partial charge in [0.1, 0.15) is 11.7 Å². The van der Waals surface area contributed by atoms with Gasteiger partial charge in [-0.2, -0.15) is 0 Å². The maximum Gasteiger partial charge on any atom is 0.326 e. The minimum absolute atomic E-state index is 0.0481. The molecule has 1 aromatic heterocycles. The van der Waals surface area contributed by atoms with Crippen molar-refractivity contribution in [2.24, 2.45) is 5.73 Å². The molecule has 8 nitrogen and oxygen atoms in total. The smallest absolute Gasteiger partial charge is 0.326 e. The Labute approximate surface area is 125 Å². The number of aliphatic carboxylic acids is 1. The van der Waals surface area contributed by atoms with Crippen LogP contribution in [0, 0.1) is 0 Å². The Hall–Kier alpha value is -2.00. The van der Waals surface area contributed by atoms with Crippen molar-refractivity contribution in [2.75, 3.05) is 13.7 Å². The molecule has 0 saturated carbocycles. The normalized spacial score (nSPS) is 11.7. The van der Waals surface area contributed by atoms with Crippen molar-refractivity contribution in [1.29, 1.82) is 0 Å². The second kappa shape index (κ2) is 8.32. The standard InChI is InChI=1S/C12H17N3O5S/c1-20-10(16)3-2-7(12(18)19)15-11(17)8-6-21-9(14-8)4-5-13/h6-7H,2-5,13H2,1H3,(H,15,17)(H,18,19)/t7-/m0/s1. The molecule has 9 heteroatoms. The van der Waals surface area contributed by atoms with E-state index in [1.807, 2.05) is 0 Å². The Morgan fingerprint density at radius 1 is 1.52 bits per heavy atom. The second-order valence-electron chi connectivity index (χ2n) is 4.14. The first kappa shape index (κ1) is 17.1. The third-order valence-corrected chi connectivity index (χ3v) is 3.52. The highest BCUT2D eigenvalue weighted by molar-refractivity contribution is 7.09. The van der Waals surface area contributed by atoms with Crippen molar-refractivity contribution in [2.45, 2.75) is 25.3 Å². The quantitative estimate of drug-likeness (QED) is 0.565. The number of hydrogen-bond donors (Lipinski definition) is 3. The third kappa shape index (κ3) is 5.48. The lowest BCUT2D eigenvalue weighted by Gasteiger charge is -2.12. The van der Waals surface area contributed by atoms with E-state index in [-0.39, 0.29) is 18.5 Å². The van der Waals surface area contributed by atoms with Crippen LogP contribution in [0.1, 0.15) is 28.3 Å². The Bertz CT molecular complexity index is 517. The number of hydrogen-bond acceptors (Lipinski definition) is 7. The molecule has 0 aromatic carbocycles. The van der Waals surface area contributed by atoms with Crippen molar-refractivity contribution in [1.82, 2.24) is 10.3 Å². The van der Waals surface area contributed by atoms with E-state index in [4.69, 9.17) is 10.8 Å². The fourth-order valence-corrected chi connectivity index (χ4v) is 2.30. The van der Waals surface area contributed by atoms with Crippen LogP contribution in [0.4, 0.5) is 0 Å². The molecule has 1 atom stereocenters. The number of nitrogens with two attached hydrogens (primary N) is 1. The zero-order chi connectivity index (χ0) is 15.8. The molecule has 0 bridgehead atoms. The number of carboxylic acid groups (broad SMARTS) is 1. The number of thiazole rings is 1. The number of carbonyl (C=O) groups excluding carboxylic acids is 2. The van der Waals surface area contributed by atoms with Gasteiger partial charge in [-0.1, -0.05) is 0 Å². The lowest BCUT2D eigenvalue weighted by Crippen LogP contribution is -2.41. The molecule has 1 amide bonds. The summed E-state index contributed by atoms with van der Waals surface area (Å²) in [6.45, 7) is 0.422. The van der Waals surface area contributed by atoms with Gasteiger partial charge in [-0.3, -0.25) is 9.59 Å². The predicted octanol–water partition coefficient (Wildman–Crippen LogP) is -0.219. The molecular formula is C12H17N3O5S. The Balaban J connectivity index is 2.62. The average molecular weight is 315 g/mol. The number of nitrogens with one attached hydrogen (secondary N) is 1. The van der Waals surface area contributed by atoms with Crippen molar-refractivity contribution in [3.05, 3.63) is 16.1 Å². The molecule has 4 N–H and O–H groups in total. The molecule has 1 aromatic rings. The number of carbonyl (C=O) groups is 3. The van der Waals surface area contributed by atoms with E-state index in [1.54, 1.807) is 5.38 Å². The highest BCUT2D eigenvalue weighted by atomic mass is 32.1. The molecule has 21 heavy (non-hydrogen) atoms. The number of carboxylic acids is 1. The van der Waals surface area contributed by atoms with Gasteiger partial charge < -0.3 is 20.9 Å². The maximum atomic E-state index is 11.9. The van der Waals surface area contributed by atoms with Crippen LogP contribution in [0.5, 0.6) is 0 Å². The summed E-state index contributed by atoms with van der Waals surface area (Å²) in [5.41, 5.74) is 5.54. The molecule has 0 aliphatic carbocycles. The molecular weight excluding hydrogens is 298 g/mol. The molecule has 0 saturated heterocycles. The molecule has 1 rings (SSSR count). The van der Waals surface area contributed by atoms with Gasteiger partial charge in [0, 0.05) is 18.2 Å². The predicted molar refractivity (Wildman–Crippen MR) is 75.0 cm³/mol. The first-order valence-corrected chi connectivity index (χ1v) is 7.10. The molecule has 0 spiro atoms. The van der Waals surface area contributed by atoms with Crippen molar-refractivity contribution in [3.8, 4) is 0 Å². The van der Waals surface area contributed by atoms with E-state index >= 15 is 0 Å². The van der Waals surface area contributed by atoms with Gasteiger partial charge >= 0.3 is 11.9 Å². The summed E-state index contributed by atoms with van der Waals surface area (Å²) in [5.74, 6) is -2.34. The number of amides is 1. The van der Waals surface area contributed by atoms with Gasteiger partial charge in [0.15, 0.2) is 0 Å². The molecule has 0 aliphatic rings. The number of ether oxygens (including phenoxy) is 1. The van der Waals surface area contributed by atoms with E-state index in [0.717, 1.165) is 0 Å². The van der Waals surface area contributed by atoms with Gasteiger partial charge in [-0.05, 0) is 13.0 Å². The number of methoxy groups -OCH3 is 1. The summed E-state index contributed by atoms with van der Waals surface area (Å²) in [7, 11) is 1.21. The van der Waals surface area contributed by atoms with Crippen LogP contribution in [0.3, 0.4) is 0 Å². The van der Waals surface area contributed by atoms with Gasteiger partial charge in [0.25, 0.3) is 5.91 Å². The average Bonchev–Trinajstić information content (AvgIpc) is 2.91. The van der Waals surface area contributed by atoms with E-state index in [9.17, 15) is 14.4 Å². The molecule has 0 unspecified atom stereocenters. The van der Waals surface area contributed by atoms with E-state index in [2.05, 4.69) is 15.0 Å². The van der Waals surface area contributed by atoms with E-state index < -0.39 is 23.9 Å². The third-order valence-electron chi connectivity index (χ3n) is 2.61. The van der Waals surface area contributed by atoms with Gasteiger partial charge in [0.2, 0.25) is 0 Å². The number of rotatable bonds is 8. The van der Waals surface area contributed by atoms with E-state index in [0.29, 0.717) is 18.0 Å². The Kier molecular flexibility index (Phi) is 6.76. The SMILES string of the molecule is COC(=O)CC[C@H](NC(=O)c1csc(CCN)n1)C(=O)O.